The average molecular weight is 298 g/mol. The summed E-state index contributed by atoms with van der Waals surface area (Å²) in [5.41, 5.74) is 1.59. The lowest BCUT2D eigenvalue weighted by molar-refractivity contribution is 0.171. The van der Waals surface area contributed by atoms with Crippen LogP contribution in [0.1, 0.15) is 19.4 Å². The number of nitrogens with zero attached hydrogens (tertiary/aromatic N) is 1. The van der Waals surface area contributed by atoms with E-state index in [-0.39, 0.29) is 11.9 Å². The highest BCUT2D eigenvalue weighted by molar-refractivity contribution is 5.55. The van der Waals surface area contributed by atoms with E-state index < -0.39 is 0 Å². The van der Waals surface area contributed by atoms with Crippen molar-refractivity contribution in [3.8, 4) is 0 Å². The van der Waals surface area contributed by atoms with Crippen molar-refractivity contribution < 1.29 is 13.9 Å². The van der Waals surface area contributed by atoms with Crippen LogP contribution in [0.15, 0.2) is 18.2 Å². The van der Waals surface area contributed by atoms with Crippen LogP contribution in [0, 0.1) is 5.82 Å². The quantitative estimate of drug-likeness (QED) is 0.719. The zero-order valence-corrected chi connectivity index (χ0v) is 13.5. The van der Waals surface area contributed by atoms with Crippen molar-refractivity contribution in [3.63, 3.8) is 0 Å². The third-order valence-corrected chi connectivity index (χ3v) is 3.43. The summed E-state index contributed by atoms with van der Waals surface area (Å²) in [5.74, 6) is -0.180. The lowest BCUT2D eigenvalue weighted by Crippen LogP contribution is -2.39. The van der Waals surface area contributed by atoms with E-state index >= 15 is 0 Å². The van der Waals surface area contributed by atoms with Crippen molar-refractivity contribution in [2.75, 3.05) is 45.4 Å². The number of rotatable bonds is 10. The monoisotopic (exact) mass is 298 g/mol. The Hall–Kier alpha value is -1.17. The van der Waals surface area contributed by atoms with E-state index in [0.29, 0.717) is 31.9 Å². The summed E-state index contributed by atoms with van der Waals surface area (Å²) in [6.07, 6.45) is 0. The molecule has 1 rings (SSSR count). The van der Waals surface area contributed by atoms with E-state index in [2.05, 4.69) is 17.1 Å². The van der Waals surface area contributed by atoms with Gasteiger partial charge in [0.25, 0.3) is 0 Å². The lowest BCUT2D eigenvalue weighted by Gasteiger charge is -2.32. The van der Waals surface area contributed by atoms with Crippen molar-refractivity contribution >= 4 is 5.69 Å². The van der Waals surface area contributed by atoms with Crippen LogP contribution in [-0.4, -0.2) is 46.6 Å². The molecule has 120 valence electrons. The van der Waals surface area contributed by atoms with Crippen LogP contribution in [-0.2, 0) is 16.0 Å². The molecule has 0 radical (unpaired) electrons. The second kappa shape index (κ2) is 9.71. The fourth-order valence-electron chi connectivity index (χ4n) is 2.34. The fourth-order valence-corrected chi connectivity index (χ4v) is 2.34. The summed E-state index contributed by atoms with van der Waals surface area (Å²) in [5, 5.41) is 3.20. The minimum absolute atomic E-state index is 0.146. The van der Waals surface area contributed by atoms with Crippen LogP contribution in [0.2, 0.25) is 0 Å². The molecule has 1 atom stereocenters. The molecule has 1 aromatic rings. The topological polar surface area (TPSA) is 33.7 Å². The van der Waals surface area contributed by atoms with Gasteiger partial charge >= 0.3 is 0 Å². The summed E-state index contributed by atoms with van der Waals surface area (Å²) in [6.45, 7) is 7.27. The first-order valence-electron chi connectivity index (χ1n) is 7.38. The molecule has 21 heavy (non-hydrogen) atoms. The minimum Gasteiger partial charge on any atom is -0.383 e. The Bertz CT molecular complexity index is 415. The fraction of sp³-hybridized carbons (Fsp3) is 0.625. The zero-order chi connectivity index (χ0) is 15.7. The van der Waals surface area contributed by atoms with Crippen molar-refractivity contribution in [2.45, 2.75) is 26.4 Å². The smallest absolute Gasteiger partial charge is 0.129 e. The molecule has 0 aliphatic carbocycles. The van der Waals surface area contributed by atoms with Gasteiger partial charge in [-0.25, -0.2) is 4.39 Å². The van der Waals surface area contributed by atoms with Gasteiger partial charge in [0.15, 0.2) is 0 Å². The molecule has 0 amide bonds. The van der Waals surface area contributed by atoms with Gasteiger partial charge in [0.2, 0.25) is 0 Å². The highest BCUT2D eigenvalue weighted by atomic mass is 19.1. The van der Waals surface area contributed by atoms with Gasteiger partial charge < -0.3 is 19.7 Å². The van der Waals surface area contributed by atoms with E-state index in [1.807, 2.05) is 13.0 Å². The van der Waals surface area contributed by atoms with Gasteiger partial charge in [-0.15, -0.1) is 0 Å². The van der Waals surface area contributed by atoms with Crippen molar-refractivity contribution in [3.05, 3.63) is 29.6 Å². The second-order valence-corrected chi connectivity index (χ2v) is 5.01. The van der Waals surface area contributed by atoms with Gasteiger partial charge in [-0.1, -0.05) is 13.0 Å². The van der Waals surface area contributed by atoms with Crippen LogP contribution >= 0.6 is 0 Å². The SMILES string of the molecule is CCNCc1c(F)cccc1N(CCOC)C(C)COC. The van der Waals surface area contributed by atoms with Gasteiger partial charge in [-0.3, -0.25) is 0 Å². The Morgan fingerprint density at radius 3 is 2.67 bits per heavy atom. The first kappa shape index (κ1) is 17.9. The van der Waals surface area contributed by atoms with Crippen LogP contribution in [0.4, 0.5) is 10.1 Å². The Labute approximate surface area is 127 Å². The Balaban J connectivity index is 3.06. The summed E-state index contributed by atoms with van der Waals surface area (Å²) in [4.78, 5) is 2.14. The normalized spacial score (nSPS) is 12.4. The first-order valence-corrected chi connectivity index (χ1v) is 7.38. The molecule has 0 fully saturated rings. The number of halogens is 1. The van der Waals surface area contributed by atoms with Crippen LogP contribution < -0.4 is 10.2 Å². The van der Waals surface area contributed by atoms with Crippen LogP contribution in [0.3, 0.4) is 0 Å². The highest BCUT2D eigenvalue weighted by Gasteiger charge is 2.19. The maximum atomic E-state index is 14.2. The molecule has 0 bridgehead atoms. The summed E-state index contributed by atoms with van der Waals surface area (Å²) in [6, 6.07) is 5.36. The van der Waals surface area contributed by atoms with Gasteiger partial charge in [0.05, 0.1) is 13.2 Å². The number of hydrogen-bond acceptors (Lipinski definition) is 4. The van der Waals surface area contributed by atoms with Crippen molar-refractivity contribution in [1.82, 2.24) is 5.32 Å². The summed E-state index contributed by atoms with van der Waals surface area (Å²) < 4.78 is 24.6. The summed E-state index contributed by atoms with van der Waals surface area (Å²) in [7, 11) is 3.35. The number of hydrogen-bond donors (Lipinski definition) is 1. The molecule has 0 saturated heterocycles. The van der Waals surface area contributed by atoms with Crippen LogP contribution in [0.25, 0.3) is 0 Å². The molecular formula is C16H27FN2O2. The highest BCUT2D eigenvalue weighted by Crippen LogP contribution is 2.25. The van der Waals surface area contributed by atoms with E-state index in [1.54, 1.807) is 20.3 Å². The third-order valence-electron chi connectivity index (χ3n) is 3.43. The van der Waals surface area contributed by atoms with Gasteiger partial charge in [-0.05, 0) is 25.6 Å². The molecule has 5 heteroatoms. The zero-order valence-electron chi connectivity index (χ0n) is 13.5. The van der Waals surface area contributed by atoms with Gasteiger partial charge in [0, 0.05) is 44.6 Å². The predicted octanol–water partition coefficient (Wildman–Crippen LogP) is 2.42. The molecule has 0 saturated carbocycles. The Morgan fingerprint density at radius 1 is 1.29 bits per heavy atom. The molecule has 1 aromatic carbocycles. The minimum atomic E-state index is -0.180. The van der Waals surface area contributed by atoms with E-state index in [0.717, 1.165) is 12.2 Å². The molecular weight excluding hydrogens is 271 g/mol. The predicted molar refractivity (Wildman–Crippen MR) is 84.3 cm³/mol. The van der Waals surface area contributed by atoms with Gasteiger partial charge in [-0.2, -0.15) is 0 Å². The summed E-state index contributed by atoms with van der Waals surface area (Å²) >= 11 is 0. The number of benzene rings is 1. The molecule has 1 unspecified atom stereocenters. The Morgan fingerprint density at radius 2 is 2.05 bits per heavy atom. The second-order valence-electron chi connectivity index (χ2n) is 5.01. The van der Waals surface area contributed by atoms with Crippen molar-refractivity contribution in [1.29, 1.82) is 0 Å². The third kappa shape index (κ3) is 5.26. The molecule has 1 N–H and O–H groups in total. The lowest BCUT2D eigenvalue weighted by atomic mass is 10.1. The van der Waals surface area contributed by atoms with E-state index in [4.69, 9.17) is 9.47 Å². The largest absolute Gasteiger partial charge is 0.383 e. The maximum absolute atomic E-state index is 14.2. The molecule has 0 aromatic heterocycles. The van der Waals surface area contributed by atoms with E-state index in [1.165, 1.54) is 6.07 Å². The van der Waals surface area contributed by atoms with Crippen molar-refractivity contribution in [2.24, 2.45) is 0 Å². The first-order chi connectivity index (χ1) is 10.2. The maximum Gasteiger partial charge on any atom is 0.129 e. The molecule has 0 spiro atoms. The van der Waals surface area contributed by atoms with E-state index in [9.17, 15) is 4.39 Å². The number of anilines is 1. The molecule has 4 nitrogen and oxygen atoms in total. The number of methoxy groups -OCH3 is 2. The van der Waals surface area contributed by atoms with Crippen LogP contribution in [0.5, 0.6) is 0 Å². The number of nitrogens with one attached hydrogen (secondary N) is 1. The van der Waals surface area contributed by atoms with Gasteiger partial charge in [0.1, 0.15) is 5.82 Å². The Kier molecular flexibility index (Phi) is 8.27. The molecule has 0 heterocycles. The molecule has 0 aliphatic rings. The average Bonchev–Trinajstić information content (AvgIpc) is 2.47. The molecule has 0 aliphatic heterocycles. The standard InChI is InChI=1S/C16H27FN2O2/c1-5-18-11-14-15(17)7-6-8-16(14)19(9-10-20-3)13(2)12-21-4/h6-8,13,18H,5,9-12H2,1-4H3. The number of ether oxygens (including phenoxy) is 2.